The highest BCUT2D eigenvalue weighted by Crippen LogP contribution is 2.46. The largest absolute Gasteiger partial charge is 0.507 e. The van der Waals surface area contributed by atoms with Gasteiger partial charge in [-0.05, 0) is 36.8 Å². The molecular formula is C27H24N2O8. The summed E-state index contributed by atoms with van der Waals surface area (Å²) >= 11 is 0. The van der Waals surface area contributed by atoms with Crippen molar-refractivity contribution >= 4 is 28.8 Å². The Labute approximate surface area is 212 Å². The Morgan fingerprint density at radius 1 is 0.973 bits per heavy atom. The number of carbonyl (C=O) groups is 2. The molecule has 1 heterocycles. The van der Waals surface area contributed by atoms with Crippen molar-refractivity contribution in [2.45, 2.75) is 13.0 Å². The van der Waals surface area contributed by atoms with Crippen molar-refractivity contribution in [3.63, 3.8) is 0 Å². The Morgan fingerprint density at radius 3 is 2.38 bits per heavy atom. The summed E-state index contributed by atoms with van der Waals surface area (Å²) in [4.78, 5) is 38.8. The molecule has 0 aliphatic carbocycles. The molecule has 10 nitrogen and oxygen atoms in total. The second-order valence-electron chi connectivity index (χ2n) is 7.99. The Bertz CT molecular complexity index is 1420. The van der Waals surface area contributed by atoms with E-state index in [9.17, 15) is 24.8 Å². The number of ketones is 1. The molecule has 1 N–H and O–H groups in total. The highest BCUT2D eigenvalue weighted by atomic mass is 16.6. The van der Waals surface area contributed by atoms with Gasteiger partial charge in [-0.2, -0.15) is 0 Å². The molecule has 1 atom stereocenters. The number of Topliss-reactive ketones (excluding diaryl/α,β-unsaturated/α-hetero) is 1. The van der Waals surface area contributed by atoms with Crippen LogP contribution in [0.5, 0.6) is 17.2 Å². The van der Waals surface area contributed by atoms with Gasteiger partial charge in [-0.15, -0.1) is 0 Å². The summed E-state index contributed by atoms with van der Waals surface area (Å²) in [5, 5.41) is 22.6. The van der Waals surface area contributed by atoms with Crippen molar-refractivity contribution in [1.29, 1.82) is 0 Å². The number of amides is 1. The van der Waals surface area contributed by atoms with Crippen LogP contribution in [0.3, 0.4) is 0 Å². The van der Waals surface area contributed by atoms with Gasteiger partial charge >= 0.3 is 0 Å². The molecule has 37 heavy (non-hydrogen) atoms. The molecule has 1 unspecified atom stereocenters. The van der Waals surface area contributed by atoms with Crippen LogP contribution >= 0.6 is 0 Å². The molecule has 3 aromatic carbocycles. The van der Waals surface area contributed by atoms with Crippen LogP contribution in [0, 0.1) is 10.1 Å². The maximum absolute atomic E-state index is 13.4. The van der Waals surface area contributed by atoms with Crippen LogP contribution < -0.4 is 19.1 Å². The number of carbonyl (C=O) groups excluding carboxylic acids is 2. The zero-order valence-electron chi connectivity index (χ0n) is 20.3. The molecule has 0 aromatic heterocycles. The van der Waals surface area contributed by atoms with Crippen LogP contribution in [0.25, 0.3) is 5.76 Å². The Kier molecular flexibility index (Phi) is 7.10. The summed E-state index contributed by atoms with van der Waals surface area (Å²) in [6, 6.07) is 15.7. The number of nitro groups is 1. The van der Waals surface area contributed by atoms with E-state index in [0.717, 1.165) is 6.07 Å². The average molecular weight is 504 g/mol. The van der Waals surface area contributed by atoms with Crippen LogP contribution in [-0.2, 0) is 9.59 Å². The highest BCUT2D eigenvalue weighted by molar-refractivity contribution is 6.52. The van der Waals surface area contributed by atoms with Crippen LogP contribution in [-0.4, -0.2) is 42.5 Å². The van der Waals surface area contributed by atoms with Gasteiger partial charge < -0.3 is 19.3 Å². The monoisotopic (exact) mass is 504 g/mol. The van der Waals surface area contributed by atoms with E-state index in [-0.39, 0.29) is 16.8 Å². The van der Waals surface area contributed by atoms with Crippen molar-refractivity contribution in [3.8, 4) is 17.2 Å². The maximum Gasteiger partial charge on any atom is 0.300 e. The number of hydrogen-bond donors (Lipinski definition) is 1. The van der Waals surface area contributed by atoms with E-state index in [2.05, 4.69) is 0 Å². The molecular weight excluding hydrogens is 480 g/mol. The lowest BCUT2D eigenvalue weighted by Gasteiger charge is -2.27. The Hall–Kier alpha value is -4.86. The van der Waals surface area contributed by atoms with Crippen molar-refractivity contribution in [1.82, 2.24) is 0 Å². The van der Waals surface area contributed by atoms with Gasteiger partial charge in [0.25, 0.3) is 17.4 Å². The topological polar surface area (TPSA) is 128 Å². The van der Waals surface area contributed by atoms with Crippen LogP contribution in [0.2, 0.25) is 0 Å². The SMILES string of the molecule is CCOc1cc(C2/C(=C(\O)c3cccc([N+](=O)[O-])c3)C(=O)C(=O)N2c2ccccc2OC)ccc1OC. The summed E-state index contributed by atoms with van der Waals surface area (Å²) < 4.78 is 16.5. The lowest BCUT2D eigenvalue weighted by molar-refractivity contribution is -0.384. The molecule has 1 saturated heterocycles. The van der Waals surface area contributed by atoms with Crippen LogP contribution in [0.1, 0.15) is 24.1 Å². The normalized spacial score (nSPS) is 16.5. The summed E-state index contributed by atoms with van der Waals surface area (Å²) in [6.07, 6.45) is 0. The van der Waals surface area contributed by atoms with E-state index in [1.54, 1.807) is 49.4 Å². The standard InChI is InChI=1S/C27H24N2O8/c1-4-37-22-15-16(12-13-21(22)36-3)24-23(25(30)17-8-7-9-18(14-17)29(33)34)26(31)27(32)28(24)19-10-5-6-11-20(19)35-2/h5-15,24,30H,4H2,1-3H3/b25-23+. The molecule has 0 spiro atoms. The average Bonchev–Trinajstić information content (AvgIpc) is 3.18. The van der Waals surface area contributed by atoms with Gasteiger partial charge in [-0.1, -0.05) is 30.3 Å². The van der Waals surface area contributed by atoms with Gasteiger partial charge in [0.2, 0.25) is 0 Å². The molecule has 1 fully saturated rings. The first-order valence-corrected chi connectivity index (χ1v) is 11.3. The fraction of sp³-hybridized carbons (Fsp3) is 0.185. The van der Waals surface area contributed by atoms with Gasteiger partial charge in [0.05, 0.1) is 43.1 Å². The van der Waals surface area contributed by atoms with Gasteiger partial charge in [0.1, 0.15) is 11.5 Å². The van der Waals surface area contributed by atoms with Crippen LogP contribution in [0.4, 0.5) is 11.4 Å². The summed E-state index contributed by atoms with van der Waals surface area (Å²) in [5.41, 5.74) is 0.271. The number of aliphatic hydroxyl groups is 1. The fourth-order valence-electron chi connectivity index (χ4n) is 4.28. The number of benzene rings is 3. The van der Waals surface area contributed by atoms with Gasteiger partial charge in [-0.25, -0.2) is 0 Å². The number of methoxy groups -OCH3 is 2. The predicted molar refractivity (Wildman–Crippen MR) is 135 cm³/mol. The lowest BCUT2D eigenvalue weighted by atomic mass is 9.94. The third-order valence-electron chi connectivity index (χ3n) is 5.92. The van der Waals surface area contributed by atoms with Crippen molar-refractivity contribution < 1.29 is 33.8 Å². The number of nitrogens with zero attached hydrogens (tertiary/aromatic N) is 2. The number of nitro benzene ring substituents is 1. The van der Waals surface area contributed by atoms with E-state index in [0.29, 0.717) is 35.1 Å². The number of aliphatic hydroxyl groups excluding tert-OH is 1. The number of hydrogen-bond acceptors (Lipinski definition) is 8. The van der Waals surface area contributed by atoms with E-state index in [1.165, 1.54) is 37.3 Å². The van der Waals surface area contributed by atoms with Crippen molar-refractivity contribution in [2.24, 2.45) is 0 Å². The smallest absolute Gasteiger partial charge is 0.300 e. The zero-order chi connectivity index (χ0) is 26.7. The second kappa shape index (κ2) is 10.4. The summed E-state index contributed by atoms with van der Waals surface area (Å²) in [6.45, 7) is 2.13. The number of para-hydroxylation sites is 2. The predicted octanol–water partition coefficient (Wildman–Crippen LogP) is 4.64. The van der Waals surface area contributed by atoms with Gasteiger partial charge in [-0.3, -0.25) is 24.6 Å². The first-order valence-electron chi connectivity index (χ1n) is 11.3. The molecule has 1 aliphatic rings. The first kappa shape index (κ1) is 25.2. The number of non-ortho nitro benzene ring substituents is 1. The molecule has 10 heteroatoms. The molecule has 0 bridgehead atoms. The molecule has 0 radical (unpaired) electrons. The third kappa shape index (κ3) is 4.56. The summed E-state index contributed by atoms with van der Waals surface area (Å²) in [7, 11) is 2.93. The van der Waals surface area contributed by atoms with Crippen LogP contribution in [0.15, 0.2) is 72.3 Å². The van der Waals surface area contributed by atoms with Gasteiger partial charge in [0.15, 0.2) is 11.5 Å². The van der Waals surface area contributed by atoms with Gasteiger partial charge in [0, 0.05) is 17.7 Å². The van der Waals surface area contributed by atoms with E-state index in [4.69, 9.17) is 14.2 Å². The molecule has 0 saturated carbocycles. The number of ether oxygens (including phenoxy) is 3. The number of rotatable bonds is 8. The maximum atomic E-state index is 13.4. The molecule has 1 aliphatic heterocycles. The minimum atomic E-state index is -1.10. The third-order valence-corrected chi connectivity index (χ3v) is 5.92. The molecule has 190 valence electrons. The van der Waals surface area contributed by atoms with E-state index >= 15 is 0 Å². The quantitative estimate of drug-likeness (QED) is 0.155. The number of anilines is 1. The Morgan fingerprint density at radius 2 is 1.70 bits per heavy atom. The molecule has 1 amide bonds. The van der Waals surface area contributed by atoms with E-state index in [1.807, 2.05) is 0 Å². The highest BCUT2D eigenvalue weighted by Gasteiger charge is 2.48. The fourth-order valence-corrected chi connectivity index (χ4v) is 4.28. The lowest BCUT2D eigenvalue weighted by Crippen LogP contribution is -2.29. The molecule has 3 aromatic rings. The minimum Gasteiger partial charge on any atom is -0.507 e. The zero-order valence-corrected chi connectivity index (χ0v) is 20.3. The van der Waals surface area contributed by atoms with Crippen molar-refractivity contribution in [3.05, 3.63) is 93.5 Å². The Balaban J connectivity index is 2.00. The first-order chi connectivity index (χ1) is 17.8. The molecule has 4 rings (SSSR count). The summed E-state index contributed by atoms with van der Waals surface area (Å²) in [5.74, 6) is -1.23. The second-order valence-corrected chi connectivity index (χ2v) is 7.99. The van der Waals surface area contributed by atoms with E-state index < -0.39 is 28.4 Å². The van der Waals surface area contributed by atoms with Crippen molar-refractivity contribution in [2.75, 3.05) is 25.7 Å². The minimum absolute atomic E-state index is 0.0239.